The molecule has 0 saturated carbocycles. The quantitative estimate of drug-likeness (QED) is 0.626. The molecule has 2 aliphatic rings. The van der Waals surface area contributed by atoms with Gasteiger partial charge in [-0.25, -0.2) is 0 Å². The van der Waals surface area contributed by atoms with Gasteiger partial charge in [0.05, 0.1) is 6.10 Å². The van der Waals surface area contributed by atoms with E-state index in [0.717, 1.165) is 19.3 Å². The van der Waals surface area contributed by atoms with E-state index in [-0.39, 0.29) is 6.10 Å². The minimum absolute atomic E-state index is 0.314. The van der Waals surface area contributed by atoms with Gasteiger partial charge >= 0.3 is 0 Å². The fourth-order valence-electron chi connectivity index (χ4n) is 4.03. The lowest BCUT2D eigenvalue weighted by Gasteiger charge is -2.28. The monoisotopic (exact) mass is 288 g/mol. The van der Waals surface area contributed by atoms with Crippen LogP contribution in [0.25, 0.3) is 0 Å². The zero-order chi connectivity index (χ0) is 15.6. The maximum absolute atomic E-state index is 10.1. The molecule has 0 spiro atoms. The number of hydrogen-bond acceptors (Lipinski definition) is 1. The smallest absolute Gasteiger partial charge is 0.0760 e. The molecule has 1 heteroatoms. The molecule has 2 rings (SSSR count). The first-order chi connectivity index (χ1) is 9.82. The van der Waals surface area contributed by atoms with Crippen LogP contribution < -0.4 is 0 Å². The van der Waals surface area contributed by atoms with Gasteiger partial charge in [0.2, 0.25) is 0 Å². The standard InChI is InChI=1S/C20H32O/c1-14(2)18-9-11-20(5)10-8-16(4)13-17(21)12-15(3)6-7-19(18)20/h8,12,14,17,21H,6-7,9-11,13H2,1-5H3/b15-12-,16-8-/t17-,20-/m1/s1. The van der Waals surface area contributed by atoms with Crippen molar-refractivity contribution in [1.82, 2.24) is 0 Å². The first-order valence-electron chi connectivity index (χ1n) is 8.55. The van der Waals surface area contributed by atoms with Gasteiger partial charge < -0.3 is 5.11 Å². The van der Waals surface area contributed by atoms with Crippen LogP contribution in [0, 0.1) is 11.3 Å². The maximum Gasteiger partial charge on any atom is 0.0760 e. The zero-order valence-corrected chi connectivity index (χ0v) is 14.5. The van der Waals surface area contributed by atoms with Crippen LogP contribution in [0.3, 0.4) is 0 Å². The molecule has 0 saturated heterocycles. The molecule has 1 N–H and O–H groups in total. The Morgan fingerprint density at radius 1 is 1.14 bits per heavy atom. The average Bonchev–Trinajstić information content (AvgIpc) is 2.70. The molecule has 0 aromatic rings. The lowest BCUT2D eigenvalue weighted by Crippen LogP contribution is -2.15. The van der Waals surface area contributed by atoms with E-state index < -0.39 is 0 Å². The third kappa shape index (κ3) is 3.88. The molecule has 0 bridgehead atoms. The lowest BCUT2D eigenvalue weighted by atomic mass is 9.76. The highest BCUT2D eigenvalue weighted by Gasteiger charge is 2.36. The number of allylic oxidation sites excluding steroid dienone is 4. The Morgan fingerprint density at radius 2 is 1.86 bits per heavy atom. The second-order valence-corrected chi connectivity index (χ2v) is 7.76. The summed E-state index contributed by atoms with van der Waals surface area (Å²) in [5.74, 6) is 0.673. The summed E-state index contributed by atoms with van der Waals surface area (Å²) in [4.78, 5) is 0. The highest BCUT2D eigenvalue weighted by molar-refractivity contribution is 5.31. The van der Waals surface area contributed by atoms with Crippen molar-refractivity contribution in [3.8, 4) is 0 Å². The molecule has 0 aromatic heterocycles. The largest absolute Gasteiger partial charge is 0.389 e. The highest BCUT2D eigenvalue weighted by atomic mass is 16.3. The van der Waals surface area contributed by atoms with E-state index in [1.54, 1.807) is 11.1 Å². The van der Waals surface area contributed by atoms with Crippen LogP contribution in [-0.4, -0.2) is 11.2 Å². The van der Waals surface area contributed by atoms with E-state index in [2.05, 4.69) is 46.8 Å². The summed E-state index contributed by atoms with van der Waals surface area (Å²) < 4.78 is 0. The van der Waals surface area contributed by atoms with Crippen LogP contribution in [0.2, 0.25) is 0 Å². The molecule has 0 unspecified atom stereocenters. The van der Waals surface area contributed by atoms with Gasteiger partial charge in [-0.05, 0) is 63.7 Å². The molecule has 0 aromatic carbocycles. The van der Waals surface area contributed by atoms with Crippen molar-refractivity contribution in [3.63, 3.8) is 0 Å². The normalized spacial score (nSPS) is 36.6. The van der Waals surface area contributed by atoms with Crippen LogP contribution in [-0.2, 0) is 0 Å². The Hall–Kier alpha value is -0.820. The molecule has 0 fully saturated rings. The lowest BCUT2D eigenvalue weighted by molar-refractivity contribution is 0.222. The van der Waals surface area contributed by atoms with Crippen LogP contribution >= 0.6 is 0 Å². The van der Waals surface area contributed by atoms with E-state index in [4.69, 9.17) is 0 Å². The van der Waals surface area contributed by atoms with E-state index in [9.17, 15) is 5.11 Å². The second kappa shape index (κ2) is 6.52. The molecule has 118 valence electrons. The molecular formula is C20H32O. The summed E-state index contributed by atoms with van der Waals surface area (Å²) in [5, 5.41) is 10.1. The second-order valence-electron chi connectivity index (χ2n) is 7.76. The van der Waals surface area contributed by atoms with Gasteiger partial charge in [0.1, 0.15) is 0 Å². The van der Waals surface area contributed by atoms with Crippen molar-refractivity contribution >= 4 is 0 Å². The first-order valence-corrected chi connectivity index (χ1v) is 8.55. The van der Waals surface area contributed by atoms with E-state index in [0.29, 0.717) is 11.3 Å². The van der Waals surface area contributed by atoms with Crippen molar-refractivity contribution in [2.75, 3.05) is 0 Å². The molecular weight excluding hydrogens is 256 g/mol. The Kier molecular flexibility index (Phi) is 5.14. The maximum atomic E-state index is 10.1. The number of aliphatic hydroxyl groups is 1. The molecule has 2 aliphatic carbocycles. The van der Waals surface area contributed by atoms with Gasteiger partial charge in [-0.1, -0.05) is 55.2 Å². The van der Waals surface area contributed by atoms with E-state index in [1.165, 1.54) is 30.4 Å². The first kappa shape index (κ1) is 16.5. The van der Waals surface area contributed by atoms with Crippen LogP contribution in [0.15, 0.2) is 34.4 Å². The van der Waals surface area contributed by atoms with Crippen molar-refractivity contribution < 1.29 is 5.11 Å². The SMILES string of the molecule is C/C1=C/[C@@H](O)C/C(C)=C\C[C@]2(C)CCC(C(C)C)=C2CC1. The average molecular weight is 288 g/mol. The van der Waals surface area contributed by atoms with E-state index in [1.807, 2.05) is 0 Å². The van der Waals surface area contributed by atoms with Crippen LogP contribution in [0.1, 0.15) is 73.1 Å². The van der Waals surface area contributed by atoms with Gasteiger partial charge in [0.15, 0.2) is 0 Å². The minimum atomic E-state index is -0.314. The summed E-state index contributed by atoms with van der Waals surface area (Å²) in [6.07, 6.45) is 10.9. The Morgan fingerprint density at radius 3 is 2.52 bits per heavy atom. The summed E-state index contributed by atoms with van der Waals surface area (Å²) in [5.41, 5.74) is 6.42. The molecule has 0 heterocycles. The number of fused-ring (bicyclic) bond motifs is 1. The van der Waals surface area contributed by atoms with Gasteiger partial charge in [-0.3, -0.25) is 0 Å². The van der Waals surface area contributed by atoms with Gasteiger partial charge in [0, 0.05) is 0 Å². The van der Waals surface area contributed by atoms with E-state index >= 15 is 0 Å². The predicted molar refractivity (Wildman–Crippen MR) is 91.2 cm³/mol. The minimum Gasteiger partial charge on any atom is -0.389 e. The molecule has 0 aliphatic heterocycles. The molecule has 2 atom stereocenters. The number of hydrogen-bond donors (Lipinski definition) is 1. The molecule has 1 nitrogen and oxygen atoms in total. The molecule has 21 heavy (non-hydrogen) atoms. The Bertz CT molecular complexity index is 478. The van der Waals surface area contributed by atoms with Crippen LogP contribution in [0.5, 0.6) is 0 Å². The highest BCUT2D eigenvalue weighted by Crippen LogP contribution is 2.50. The third-order valence-electron chi connectivity index (χ3n) is 5.44. The third-order valence-corrected chi connectivity index (χ3v) is 5.44. The molecule has 0 radical (unpaired) electrons. The van der Waals surface area contributed by atoms with Crippen molar-refractivity contribution in [2.24, 2.45) is 11.3 Å². The Labute approximate surface area is 130 Å². The summed E-state index contributed by atoms with van der Waals surface area (Å²) >= 11 is 0. The fraction of sp³-hybridized carbons (Fsp3) is 0.700. The molecule has 0 amide bonds. The summed E-state index contributed by atoms with van der Waals surface area (Å²) in [6, 6.07) is 0. The van der Waals surface area contributed by atoms with Crippen molar-refractivity contribution in [1.29, 1.82) is 0 Å². The van der Waals surface area contributed by atoms with Crippen molar-refractivity contribution in [2.45, 2.75) is 79.2 Å². The zero-order valence-electron chi connectivity index (χ0n) is 14.5. The predicted octanol–water partition coefficient (Wildman–Crippen LogP) is 5.57. The number of rotatable bonds is 1. The van der Waals surface area contributed by atoms with Gasteiger partial charge in [-0.2, -0.15) is 0 Å². The van der Waals surface area contributed by atoms with Crippen LogP contribution in [0.4, 0.5) is 0 Å². The summed E-state index contributed by atoms with van der Waals surface area (Å²) in [7, 11) is 0. The van der Waals surface area contributed by atoms with Gasteiger partial charge in [0.25, 0.3) is 0 Å². The Balaban J connectivity index is 2.37. The van der Waals surface area contributed by atoms with Crippen molar-refractivity contribution in [3.05, 3.63) is 34.4 Å². The fourth-order valence-corrected chi connectivity index (χ4v) is 4.03. The topological polar surface area (TPSA) is 20.2 Å². The number of aliphatic hydroxyl groups excluding tert-OH is 1. The van der Waals surface area contributed by atoms with Gasteiger partial charge in [-0.15, -0.1) is 0 Å². The summed E-state index contributed by atoms with van der Waals surface area (Å²) in [6.45, 7) is 11.5.